The Labute approximate surface area is 207 Å². The molecule has 2 aromatic carbocycles. The fraction of sp³-hybridized carbons (Fsp3) is 0.500. The van der Waals surface area contributed by atoms with Crippen LogP contribution in [0.1, 0.15) is 57.1 Å². The van der Waals surface area contributed by atoms with E-state index in [1.807, 2.05) is 46.2 Å². The molecule has 186 valence electrons. The van der Waals surface area contributed by atoms with Gasteiger partial charge in [-0.3, -0.25) is 14.6 Å². The van der Waals surface area contributed by atoms with E-state index in [9.17, 15) is 9.59 Å². The Balaban J connectivity index is 1.30. The highest BCUT2D eigenvalue weighted by Crippen LogP contribution is 2.47. The summed E-state index contributed by atoms with van der Waals surface area (Å²) in [6.45, 7) is 8.69. The van der Waals surface area contributed by atoms with Gasteiger partial charge in [-0.25, -0.2) is 4.79 Å². The Morgan fingerprint density at radius 2 is 1.86 bits per heavy atom. The van der Waals surface area contributed by atoms with Crippen LogP contribution in [0.5, 0.6) is 5.75 Å². The lowest BCUT2D eigenvalue weighted by molar-refractivity contribution is -0.121. The summed E-state index contributed by atoms with van der Waals surface area (Å²) in [6.07, 6.45) is 2.23. The van der Waals surface area contributed by atoms with Crippen LogP contribution in [0.3, 0.4) is 0 Å². The van der Waals surface area contributed by atoms with Gasteiger partial charge in [-0.05, 0) is 56.7 Å². The van der Waals surface area contributed by atoms with Gasteiger partial charge in [0.15, 0.2) is 0 Å². The molecule has 3 aliphatic rings. The number of fused-ring (bicyclic) bond motifs is 2. The maximum atomic E-state index is 13.8. The Morgan fingerprint density at radius 3 is 2.60 bits per heavy atom. The van der Waals surface area contributed by atoms with E-state index in [2.05, 4.69) is 31.7 Å². The normalized spacial score (nSPS) is 22.3. The van der Waals surface area contributed by atoms with E-state index in [1.54, 1.807) is 7.11 Å². The zero-order chi connectivity index (χ0) is 24.7. The molecule has 3 aliphatic heterocycles. The number of hydrogen-bond acceptors (Lipinski definition) is 5. The highest BCUT2D eigenvalue weighted by atomic mass is 16.6. The van der Waals surface area contributed by atoms with E-state index in [4.69, 9.17) is 9.47 Å². The van der Waals surface area contributed by atoms with Crippen LogP contribution in [-0.2, 0) is 16.1 Å². The highest BCUT2D eigenvalue weighted by molar-refractivity contribution is 5.99. The van der Waals surface area contributed by atoms with Gasteiger partial charge in [-0.2, -0.15) is 0 Å². The zero-order valence-corrected chi connectivity index (χ0v) is 21.1. The molecule has 5 rings (SSSR count). The predicted octanol–water partition coefficient (Wildman–Crippen LogP) is 4.94. The second-order valence-electron chi connectivity index (χ2n) is 10.6. The summed E-state index contributed by atoms with van der Waals surface area (Å²) in [5.41, 5.74) is 3.76. The minimum absolute atomic E-state index is 0.0726. The SMILES string of the molecule is COc1cccc2c1N(C(=O)CN1CCC(N3C(=O)OCc4ccccc43)CC1)C(C)(C)CC2C. The number of carbonyl (C=O) groups excluding carboxylic acids is 2. The van der Waals surface area contributed by atoms with Gasteiger partial charge in [0.05, 0.1) is 25.0 Å². The van der Waals surface area contributed by atoms with E-state index >= 15 is 0 Å². The molecule has 2 aromatic rings. The van der Waals surface area contributed by atoms with Crippen LogP contribution < -0.4 is 14.5 Å². The average Bonchev–Trinajstić information content (AvgIpc) is 2.84. The van der Waals surface area contributed by atoms with Gasteiger partial charge in [-0.15, -0.1) is 0 Å². The van der Waals surface area contributed by atoms with Gasteiger partial charge in [-0.1, -0.05) is 37.3 Å². The third kappa shape index (κ3) is 4.27. The van der Waals surface area contributed by atoms with Crippen molar-refractivity contribution in [1.29, 1.82) is 0 Å². The number of ether oxygens (including phenoxy) is 2. The van der Waals surface area contributed by atoms with Crippen molar-refractivity contribution in [3.05, 3.63) is 53.6 Å². The third-order valence-electron chi connectivity index (χ3n) is 7.75. The molecule has 3 heterocycles. The van der Waals surface area contributed by atoms with Gasteiger partial charge in [0.2, 0.25) is 5.91 Å². The lowest BCUT2D eigenvalue weighted by Gasteiger charge is -2.47. The van der Waals surface area contributed by atoms with E-state index in [0.29, 0.717) is 19.1 Å². The number of methoxy groups -OCH3 is 1. The van der Waals surface area contributed by atoms with Crippen molar-refractivity contribution in [3.63, 3.8) is 0 Å². The van der Waals surface area contributed by atoms with Crippen LogP contribution in [0.2, 0.25) is 0 Å². The van der Waals surface area contributed by atoms with Crippen molar-refractivity contribution < 1.29 is 19.1 Å². The Kier molecular flexibility index (Phi) is 6.21. The molecule has 1 unspecified atom stereocenters. The monoisotopic (exact) mass is 477 g/mol. The van der Waals surface area contributed by atoms with Crippen molar-refractivity contribution in [1.82, 2.24) is 4.90 Å². The van der Waals surface area contributed by atoms with Gasteiger partial charge in [0.1, 0.15) is 12.4 Å². The minimum Gasteiger partial charge on any atom is -0.495 e. The standard InChI is InChI=1S/C28H35N3O4/c1-19-16-28(2,3)31(26-22(19)9-7-11-24(26)34-4)25(32)17-29-14-12-21(13-15-29)30-23-10-6-5-8-20(23)18-35-27(30)33/h5-11,19,21H,12-18H2,1-4H3. The number of carbonyl (C=O) groups is 2. The topological polar surface area (TPSA) is 62.3 Å². The molecule has 7 heteroatoms. The molecule has 2 amide bonds. The lowest BCUT2D eigenvalue weighted by Crippen LogP contribution is -2.56. The van der Waals surface area contributed by atoms with Crippen LogP contribution in [0.4, 0.5) is 16.2 Å². The van der Waals surface area contributed by atoms with Crippen LogP contribution in [0, 0.1) is 0 Å². The number of amides is 2. The minimum atomic E-state index is -0.308. The van der Waals surface area contributed by atoms with Crippen LogP contribution in [0.15, 0.2) is 42.5 Å². The zero-order valence-electron chi connectivity index (χ0n) is 21.1. The number of cyclic esters (lactones) is 1. The molecule has 7 nitrogen and oxygen atoms in total. The smallest absolute Gasteiger partial charge is 0.414 e. The Hall–Kier alpha value is -3.06. The van der Waals surface area contributed by atoms with Crippen molar-refractivity contribution in [2.75, 3.05) is 36.5 Å². The molecule has 0 N–H and O–H groups in total. The largest absolute Gasteiger partial charge is 0.495 e. The molecule has 1 atom stereocenters. The van der Waals surface area contributed by atoms with Crippen molar-refractivity contribution >= 4 is 23.4 Å². The second-order valence-corrected chi connectivity index (χ2v) is 10.6. The summed E-state index contributed by atoms with van der Waals surface area (Å²) in [6, 6.07) is 14.1. The number of nitrogens with zero attached hydrogens (tertiary/aromatic N) is 3. The predicted molar refractivity (Wildman–Crippen MR) is 136 cm³/mol. The molecule has 0 aliphatic carbocycles. The maximum absolute atomic E-state index is 13.8. The number of likely N-dealkylation sites (tertiary alicyclic amines) is 1. The highest BCUT2D eigenvalue weighted by Gasteiger charge is 2.42. The molecule has 1 saturated heterocycles. The van der Waals surface area contributed by atoms with E-state index in [-0.39, 0.29) is 23.6 Å². The van der Waals surface area contributed by atoms with Gasteiger partial charge in [0, 0.05) is 30.2 Å². The number of benzene rings is 2. The number of anilines is 2. The van der Waals surface area contributed by atoms with Gasteiger partial charge < -0.3 is 14.4 Å². The van der Waals surface area contributed by atoms with Crippen molar-refractivity contribution in [3.8, 4) is 5.75 Å². The molecule has 0 radical (unpaired) electrons. The first-order valence-electron chi connectivity index (χ1n) is 12.6. The first-order valence-corrected chi connectivity index (χ1v) is 12.6. The van der Waals surface area contributed by atoms with Crippen molar-refractivity contribution in [2.45, 2.75) is 64.1 Å². The van der Waals surface area contributed by atoms with Crippen LogP contribution in [-0.4, -0.2) is 55.2 Å². The first kappa shape index (κ1) is 23.7. The number of piperidine rings is 1. The lowest BCUT2D eigenvalue weighted by atomic mass is 9.79. The average molecular weight is 478 g/mol. The maximum Gasteiger partial charge on any atom is 0.414 e. The molecule has 0 spiro atoms. The Morgan fingerprint density at radius 1 is 1.11 bits per heavy atom. The van der Waals surface area contributed by atoms with Crippen molar-refractivity contribution in [2.24, 2.45) is 0 Å². The number of rotatable bonds is 4. The van der Waals surface area contributed by atoms with Gasteiger partial charge >= 0.3 is 6.09 Å². The molecule has 1 fully saturated rings. The van der Waals surface area contributed by atoms with Gasteiger partial charge in [0.25, 0.3) is 0 Å². The molecule has 0 aromatic heterocycles. The Bertz CT molecular complexity index is 1120. The summed E-state index contributed by atoms with van der Waals surface area (Å²) in [7, 11) is 1.67. The van der Waals surface area contributed by atoms with E-state index in [1.165, 1.54) is 0 Å². The molecule has 0 bridgehead atoms. The second kappa shape index (κ2) is 9.19. The number of para-hydroxylation sites is 2. The summed E-state index contributed by atoms with van der Waals surface area (Å²) >= 11 is 0. The van der Waals surface area contributed by atoms with E-state index in [0.717, 1.165) is 60.6 Å². The fourth-order valence-corrected chi connectivity index (χ4v) is 6.18. The molecular formula is C28H35N3O4. The number of hydrogen-bond donors (Lipinski definition) is 0. The third-order valence-corrected chi connectivity index (χ3v) is 7.75. The first-order chi connectivity index (χ1) is 16.8. The van der Waals surface area contributed by atoms with Crippen LogP contribution in [0.25, 0.3) is 0 Å². The van der Waals surface area contributed by atoms with E-state index < -0.39 is 0 Å². The fourth-order valence-electron chi connectivity index (χ4n) is 6.18. The molecule has 0 saturated carbocycles. The summed E-state index contributed by atoms with van der Waals surface area (Å²) in [5, 5.41) is 0. The molecular weight excluding hydrogens is 442 g/mol. The summed E-state index contributed by atoms with van der Waals surface area (Å²) < 4.78 is 11.1. The summed E-state index contributed by atoms with van der Waals surface area (Å²) in [4.78, 5) is 32.4. The molecule has 35 heavy (non-hydrogen) atoms. The summed E-state index contributed by atoms with van der Waals surface area (Å²) in [5.74, 6) is 1.19. The quantitative estimate of drug-likeness (QED) is 0.625. The van der Waals surface area contributed by atoms with Crippen LogP contribution >= 0.6 is 0 Å².